The SMILES string of the molecule is Cc1cccc(CCC[C@H](C)N)n1. The van der Waals surface area contributed by atoms with E-state index in [-0.39, 0.29) is 0 Å². The molecule has 0 aromatic carbocycles. The minimum atomic E-state index is 0.310. The molecule has 0 aliphatic rings. The van der Waals surface area contributed by atoms with Gasteiger partial charge in [-0.15, -0.1) is 0 Å². The summed E-state index contributed by atoms with van der Waals surface area (Å²) in [5.41, 5.74) is 7.94. The first-order chi connectivity index (χ1) is 6.18. The van der Waals surface area contributed by atoms with Crippen LogP contribution in [0.3, 0.4) is 0 Å². The molecule has 0 fully saturated rings. The van der Waals surface area contributed by atoms with Crippen LogP contribution in [0, 0.1) is 6.92 Å². The van der Waals surface area contributed by atoms with Crippen LogP contribution < -0.4 is 5.73 Å². The molecule has 0 bridgehead atoms. The summed E-state index contributed by atoms with van der Waals surface area (Å²) in [4.78, 5) is 4.43. The first kappa shape index (κ1) is 10.2. The molecular formula is C11H18N2. The number of pyridine rings is 1. The molecule has 1 aromatic rings. The molecule has 0 saturated heterocycles. The van der Waals surface area contributed by atoms with Crippen molar-refractivity contribution < 1.29 is 0 Å². The van der Waals surface area contributed by atoms with Gasteiger partial charge in [0, 0.05) is 17.4 Å². The number of nitrogens with zero attached hydrogens (tertiary/aromatic N) is 1. The van der Waals surface area contributed by atoms with Crippen molar-refractivity contribution in [2.24, 2.45) is 5.73 Å². The lowest BCUT2D eigenvalue weighted by Gasteiger charge is -2.04. The van der Waals surface area contributed by atoms with Crippen LogP contribution >= 0.6 is 0 Å². The van der Waals surface area contributed by atoms with Gasteiger partial charge in [0.15, 0.2) is 0 Å². The summed E-state index contributed by atoms with van der Waals surface area (Å²) in [6.07, 6.45) is 3.26. The molecule has 0 saturated carbocycles. The highest BCUT2D eigenvalue weighted by Crippen LogP contribution is 2.04. The monoisotopic (exact) mass is 178 g/mol. The third kappa shape index (κ3) is 4.04. The summed E-state index contributed by atoms with van der Waals surface area (Å²) in [5, 5.41) is 0. The van der Waals surface area contributed by atoms with E-state index in [1.807, 2.05) is 19.9 Å². The van der Waals surface area contributed by atoms with E-state index in [0.29, 0.717) is 6.04 Å². The third-order valence-corrected chi connectivity index (χ3v) is 2.04. The van der Waals surface area contributed by atoms with Crippen LogP contribution in [0.4, 0.5) is 0 Å². The Morgan fingerprint density at radius 3 is 2.85 bits per heavy atom. The molecule has 0 spiro atoms. The maximum atomic E-state index is 5.67. The summed E-state index contributed by atoms with van der Waals surface area (Å²) in [5.74, 6) is 0. The van der Waals surface area contributed by atoms with Crippen LogP contribution in [-0.4, -0.2) is 11.0 Å². The maximum absolute atomic E-state index is 5.67. The third-order valence-electron chi connectivity index (χ3n) is 2.04. The molecule has 1 heterocycles. The summed E-state index contributed by atoms with van der Waals surface area (Å²) in [6, 6.07) is 6.47. The van der Waals surface area contributed by atoms with Crippen LogP contribution in [0.2, 0.25) is 0 Å². The van der Waals surface area contributed by atoms with Crippen LogP contribution in [-0.2, 0) is 6.42 Å². The Morgan fingerprint density at radius 1 is 1.46 bits per heavy atom. The van der Waals surface area contributed by atoms with Crippen molar-refractivity contribution in [1.29, 1.82) is 0 Å². The lowest BCUT2D eigenvalue weighted by Crippen LogP contribution is -2.14. The van der Waals surface area contributed by atoms with E-state index in [0.717, 1.165) is 25.0 Å². The fourth-order valence-electron chi connectivity index (χ4n) is 1.34. The predicted octanol–water partition coefficient (Wildman–Crippen LogP) is 2.06. The summed E-state index contributed by atoms with van der Waals surface area (Å²) in [6.45, 7) is 4.07. The smallest absolute Gasteiger partial charge is 0.0406 e. The van der Waals surface area contributed by atoms with Crippen LogP contribution in [0.15, 0.2) is 18.2 Å². The molecule has 0 amide bonds. The number of aryl methyl sites for hydroxylation is 2. The van der Waals surface area contributed by atoms with E-state index in [1.54, 1.807) is 0 Å². The van der Waals surface area contributed by atoms with Gasteiger partial charge >= 0.3 is 0 Å². The van der Waals surface area contributed by atoms with Gasteiger partial charge in [-0.2, -0.15) is 0 Å². The van der Waals surface area contributed by atoms with Crippen LogP contribution in [0.5, 0.6) is 0 Å². The zero-order valence-corrected chi connectivity index (χ0v) is 8.46. The summed E-state index contributed by atoms with van der Waals surface area (Å²) in [7, 11) is 0. The molecule has 72 valence electrons. The number of rotatable bonds is 4. The van der Waals surface area contributed by atoms with E-state index in [4.69, 9.17) is 5.73 Å². The maximum Gasteiger partial charge on any atom is 0.0406 e. The van der Waals surface area contributed by atoms with Crippen molar-refractivity contribution in [3.63, 3.8) is 0 Å². The molecule has 2 N–H and O–H groups in total. The zero-order valence-electron chi connectivity index (χ0n) is 8.46. The van der Waals surface area contributed by atoms with Gasteiger partial charge in [-0.25, -0.2) is 0 Å². The second kappa shape index (κ2) is 4.97. The molecule has 0 aliphatic heterocycles. The molecule has 1 rings (SSSR count). The van der Waals surface area contributed by atoms with Gasteiger partial charge in [-0.3, -0.25) is 4.98 Å². The van der Waals surface area contributed by atoms with Crippen LogP contribution in [0.1, 0.15) is 31.2 Å². The molecule has 2 nitrogen and oxygen atoms in total. The lowest BCUT2D eigenvalue weighted by molar-refractivity contribution is 0.619. The van der Waals surface area contributed by atoms with Crippen molar-refractivity contribution in [2.45, 2.75) is 39.2 Å². The largest absolute Gasteiger partial charge is 0.328 e. The highest BCUT2D eigenvalue weighted by atomic mass is 14.7. The Bertz CT molecular complexity index is 256. The Hall–Kier alpha value is -0.890. The Balaban J connectivity index is 2.37. The van der Waals surface area contributed by atoms with Crippen LogP contribution in [0.25, 0.3) is 0 Å². The quantitative estimate of drug-likeness (QED) is 0.766. The minimum absolute atomic E-state index is 0.310. The van der Waals surface area contributed by atoms with Gasteiger partial charge in [-0.1, -0.05) is 6.07 Å². The van der Waals surface area contributed by atoms with Crippen molar-refractivity contribution in [1.82, 2.24) is 4.98 Å². The summed E-state index contributed by atoms with van der Waals surface area (Å²) < 4.78 is 0. The number of hydrogen-bond donors (Lipinski definition) is 1. The Kier molecular flexibility index (Phi) is 3.90. The lowest BCUT2D eigenvalue weighted by atomic mass is 10.1. The molecule has 2 heteroatoms. The van der Waals surface area contributed by atoms with Gasteiger partial charge in [0.2, 0.25) is 0 Å². The Labute approximate surface area is 80.2 Å². The summed E-state index contributed by atoms with van der Waals surface area (Å²) >= 11 is 0. The van der Waals surface area contributed by atoms with Gasteiger partial charge in [-0.05, 0) is 45.2 Å². The molecular weight excluding hydrogens is 160 g/mol. The average molecular weight is 178 g/mol. The van der Waals surface area contributed by atoms with E-state index in [1.165, 1.54) is 5.69 Å². The van der Waals surface area contributed by atoms with E-state index < -0.39 is 0 Å². The van der Waals surface area contributed by atoms with Gasteiger partial charge in [0.1, 0.15) is 0 Å². The minimum Gasteiger partial charge on any atom is -0.328 e. The van der Waals surface area contributed by atoms with E-state index in [2.05, 4.69) is 17.1 Å². The second-order valence-corrected chi connectivity index (χ2v) is 3.64. The average Bonchev–Trinajstić information content (AvgIpc) is 2.03. The fourth-order valence-corrected chi connectivity index (χ4v) is 1.34. The van der Waals surface area contributed by atoms with Gasteiger partial charge < -0.3 is 5.73 Å². The molecule has 0 unspecified atom stereocenters. The number of hydrogen-bond acceptors (Lipinski definition) is 2. The number of aromatic nitrogens is 1. The van der Waals surface area contributed by atoms with Crippen molar-refractivity contribution in [2.75, 3.05) is 0 Å². The molecule has 1 atom stereocenters. The fraction of sp³-hybridized carbons (Fsp3) is 0.545. The molecule has 13 heavy (non-hydrogen) atoms. The zero-order chi connectivity index (χ0) is 9.68. The standard InChI is InChI=1S/C11H18N2/c1-9(12)5-3-7-11-8-4-6-10(2)13-11/h4,6,8-9H,3,5,7,12H2,1-2H3/t9-/m0/s1. The van der Waals surface area contributed by atoms with E-state index >= 15 is 0 Å². The van der Waals surface area contributed by atoms with Crippen molar-refractivity contribution in [3.8, 4) is 0 Å². The van der Waals surface area contributed by atoms with Crippen molar-refractivity contribution in [3.05, 3.63) is 29.6 Å². The van der Waals surface area contributed by atoms with Gasteiger partial charge in [0.25, 0.3) is 0 Å². The highest BCUT2D eigenvalue weighted by molar-refractivity contribution is 5.09. The normalized spacial score (nSPS) is 12.8. The first-order valence-electron chi connectivity index (χ1n) is 4.86. The predicted molar refractivity (Wildman–Crippen MR) is 55.6 cm³/mol. The molecule has 1 aromatic heterocycles. The number of nitrogens with two attached hydrogens (primary N) is 1. The van der Waals surface area contributed by atoms with Gasteiger partial charge in [0.05, 0.1) is 0 Å². The second-order valence-electron chi connectivity index (χ2n) is 3.64. The molecule has 0 radical (unpaired) electrons. The highest BCUT2D eigenvalue weighted by Gasteiger charge is 1.97. The topological polar surface area (TPSA) is 38.9 Å². The molecule has 0 aliphatic carbocycles. The van der Waals surface area contributed by atoms with Crippen molar-refractivity contribution >= 4 is 0 Å². The van der Waals surface area contributed by atoms with E-state index in [9.17, 15) is 0 Å². The first-order valence-corrected chi connectivity index (χ1v) is 4.86. The Morgan fingerprint density at radius 2 is 2.23 bits per heavy atom.